The smallest absolute Gasteiger partial charge is 0.261 e. The molecule has 31 heavy (non-hydrogen) atoms. The average molecular weight is 431 g/mol. The highest BCUT2D eigenvalue weighted by atomic mass is 32.2. The van der Waals surface area contributed by atoms with E-state index in [9.17, 15) is 13.2 Å². The molecule has 0 saturated carbocycles. The highest BCUT2D eigenvalue weighted by Gasteiger charge is 2.16. The number of hydrogen-bond donors (Lipinski definition) is 2. The standard InChI is InChI=1S/C25H22N2O3S/c1-18-11-14-23(31(29,30)27-22-9-3-2-4-10-22)17-24(18)26-25(28)16-19-12-13-20-7-5-6-8-21(20)15-19/h2-15,17,27H,16H2,1H3,(H,26,28). The molecule has 0 unspecified atom stereocenters. The Labute approximate surface area is 181 Å². The van der Waals surface area contributed by atoms with Gasteiger partial charge < -0.3 is 5.32 Å². The summed E-state index contributed by atoms with van der Waals surface area (Å²) in [5.41, 5.74) is 2.63. The number of benzene rings is 4. The third kappa shape index (κ3) is 4.92. The van der Waals surface area contributed by atoms with E-state index in [1.54, 1.807) is 30.3 Å². The predicted molar refractivity (Wildman–Crippen MR) is 125 cm³/mol. The van der Waals surface area contributed by atoms with E-state index in [0.717, 1.165) is 21.9 Å². The van der Waals surface area contributed by atoms with E-state index in [0.29, 0.717) is 11.4 Å². The van der Waals surface area contributed by atoms with Crippen LogP contribution in [-0.4, -0.2) is 14.3 Å². The zero-order chi connectivity index (χ0) is 21.8. The van der Waals surface area contributed by atoms with E-state index in [1.165, 1.54) is 12.1 Å². The molecule has 0 radical (unpaired) electrons. The Morgan fingerprint density at radius 1 is 0.806 bits per heavy atom. The second kappa shape index (κ2) is 8.62. The predicted octanol–water partition coefficient (Wildman–Crippen LogP) is 5.13. The Kier molecular flexibility index (Phi) is 5.73. The number of carbonyl (C=O) groups excluding carboxylic acids is 1. The Bertz CT molecular complexity index is 1350. The Morgan fingerprint density at radius 3 is 2.29 bits per heavy atom. The van der Waals surface area contributed by atoms with Crippen molar-refractivity contribution in [2.24, 2.45) is 0 Å². The Morgan fingerprint density at radius 2 is 1.52 bits per heavy atom. The molecule has 0 aliphatic heterocycles. The van der Waals surface area contributed by atoms with Crippen molar-refractivity contribution in [3.63, 3.8) is 0 Å². The average Bonchev–Trinajstić information content (AvgIpc) is 2.75. The van der Waals surface area contributed by atoms with Crippen LogP contribution < -0.4 is 10.0 Å². The fourth-order valence-corrected chi connectivity index (χ4v) is 4.44. The van der Waals surface area contributed by atoms with Crippen molar-refractivity contribution in [2.75, 3.05) is 10.0 Å². The molecule has 2 N–H and O–H groups in total. The van der Waals surface area contributed by atoms with E-state index in [4.69, 9.17) is 0 Å². The lowest BCUT2D eigenvalue weighted by Crippen LogP contribution is -2.17. The molecule has 5 nitrogen and oxygen atoms in total. The number of fused-ring (bicyclic) bond motifs is 1. The first kappa shape index (κ1) is 20.6. The molecule has 156 valence electrons. The van der Waals surface area contributed by atoms with Gasteiger partial charge in [-0.3, -0.25) is 9.52 Å². The van der Waals surface area contributed by atoms with Crippen LogP contribution in [0.25, 0.3) is 10.8 Å². The van der Waals surface area contributed by atoms with Crippen LogP contribution in [0, 0.1) is 6.92 Å². The first-order valence-electron chi connectivity index (χ1n) is 9.87. The van der Waals surface area contributed by atoms with Crippen LogP contribution in [0.5, 0.6) is 0 Å². The van der Waals surface area contributed by atoms with Gasteiger partial charge in [-0.2, -0.15) is 0 Å². The minimum Gasteiger partial charge on any atom is -0.326 e. The van der Waals surface area contributed by atoms with Crippen LogP contribution >= 0.6 is 0 Å². The maximum Gasteiger partial charge on any atom is 0.261 e. The molecule has 0 fully saturated rings. The Hall–Kier alpha value is -3.64. The fraction of sp³-hybridized carbons (Fsp3) is 0.0800. The minimum absolute atomic E-state index is 0.0861. The molecule has 4 aromatic rings. The molecule has 0 aliphatic rings. The van der Waals surface area contributed by atoms with Gasteiger partial charge in [0.25, 0.3) is 10.0 Å². The molecule has 0 aromatic heterocycles. The second-order valence-electron chi connectivity index (χ2n) is 7.35. The molecule has 0 heterocycles. The molecular weight excluding hydrogens is 408 g/mol. The number of anilines is 2. The lowest BCUT2D eigenvalue weighted by molar-refractivity contribution is -0.115. The van der Waals surface area contributed by atoms with E-state index in [2.05, 4.69) is 10.0 Å². The quantitative estimate of drug-likeness (QED) is 0.445. The molecule has 0 saturated heterocycles. The van der Waals surface area contributed by atoms with Crippen LogP contribution in [0.4, 0.5) is 11.4 Å². The summed E-state index contributed by atoms with van der Waals surface area (Å²) in [6.07, 6.45) is 0.198. The largest absolute Gasteiger partial charge is 0.326 e. The molecule has 0 aliphatic carbocycles. The van der Waals surface area contributed by atoms with E-state index in [-0.39, 0.29) is 17.2 Å². The van der Waals surface area contributed by atoms with Crippen molar-refractivity contribution in [1.82, 2.24) is 0 Å². The third-order valence-corrected chi connectivity index (χ3v) is 6.38. The first-order valence-corrected chi connectivity index (χ1v) is 11.4. The van der Waals surface area contributed by atoms with E-state index < -0.39 is 10.0 Å². The highest BCUT2D eigenvalue weighted by Crippen LogP contribution is 2.23. The van der Waals surface area contributed by atoms with Crippen LogP contribution in [0.15, 0.2) is 95.9 Å². The first-order chi connectivity index (χ1) is 14.9. The molecule has 6 heteroatoms. The van der Waals surface area contributed by atoms with Gasteiger partial charge in [-0.15, -0.1) is 0 Å². The van der Waals surface area contributed by atoms with Crippen molar-refractivity contribution in [1.29, 1.82) is 0 Å². The lowest BCUT2D eigenvalue weighted by Gasteiger charge is -2.13. The molecule has 4 rings (SSSR count). The topological polar surface area (TPSA) is 75.3 Å². The summed E-state index contributed by atoms with van der Waals surface area (Å²) in [4.78, 5) is 12.7. The number of aryl methyl sites for hydroxylation is 1. The van der Waals surface area contributed by atoms with Crippen LogP contribution in [0.3, 0.4) is 0 Å². The SMILES string of the molecule is Cc1ccc(S(=O)(=O)Nc2ccccc2)cc1NC(=O)Cc1ccc2ccccc2c1. The monoisotopic (exact) mass is 430 g/mol. The van der Waals surface area contributed by atoms with Crippen LogP contribution in [-0.2, 0) is 21.2 Å². The van der Waals surface area contributed by atoms with Gasteiger partial charge in [0, 0.05) is 11.4 Å². The summed E-state index contributed by atoms with van der Waals surface area (Å²) < 4.78 is 28.0. The molecule has 0 spiro atoms. The van der Waals surface area contributed by atoms with E-state index >= 15 is 0 Å². The fourth-order valence-electron chi connectivity index (χ4n) is 3.35. The number of carbonyl (C=O) groups is 1. The molecular formula is C25H22N2O3S. The normalized spacial score (nSPS) is 11.3. The molecule has 0 bridgehead atoms. The van der Waals surface area contributed by atoms with Gasteiger partial charge in [0.15, 0.2) is 0 Å². The summed E-state index contributed by atoms with van der Waals surface area (Å²) in [7, 11) is -3.77. The summed E-state index contributed by atoms with van der Waals surface area (Å²) in [6.45, 7) is 1.83. The van der Waals surface area contributed by atoms with Gasteiger partial charge in [-0.25, -0.2) is 8.42 Å². The zero-order valence-corrected chi connectivity index (χ0v) is 17.8. The second-order valence-corrected chi connectivity index (χ2v) is 9.04. The molecule has 4 aromatic carbocycles. The van der Waals surface area contributed by atoms with Gasteiger partial charge in [-0.05, 0) is 53.1 Å². The number of amides is 1. The number of para-hydroxylation sites is 1. The van der Waals surface area contributed by atoms with Gasteiger partial charge >= 0.3 is 0 Å². The maximum absolute atomic E-state index is 12.7. The zero-order valence-electron chi connectivity index (χ0n) is 17.0. The summed E-state index contributed by atoms with van der Waals surface area (Å²) in [6, 6.07) is 27.3. The van der Waals surface area contributed by atoms with Crippen LogP contribution in [0.2, 0.25) is 0 Å². The lowest BCUT2D eigenvalue weighted by atomic mass is 10.0. The number of sulfonamides is 1. The van der Waals surface area contributed by atoms with Gasteiger partial charge in [0.1, 0.15) is 0 Å². The van der Waals surface area contributed by atoms with Gasteiger partial charge in [0.2, 0.25) is 5.91 Å². The number of nitrogens with one attached hydrogen (secondary N) is 2. The van der Waals surface area contributed by atoms with Gasteiger partial charge in [0.05, 0.1) is 11.3 Å². The van der Waals surface area contributed by atoms with Gasteiger partial charge in [-0.1, -0.05) is 66.7 Å². The van der Waals surface area contributed by atoms with Crippen molar-refractivity contribution in [3.8, 4) is 0 Å². The van der Waals surface area contributed by atoms with Crippen LogP contribution in [0.1, 0.15) is 11.1 Å². The summed E-state index contributed by atoms with van der Waals surface area (Å²) in [5, 5.41) is 5.04. The highest BCUT2D eigenvalue weighted by molar-refractivity contribution is 7.92. The summed E-state index contributed by atoms with van der Waals surface area (Å²) in [5.74, 6) is -0.205. The van der Waals surface area contributed by atoms with E-state index in [1.807, 2.05) is 55.5 Å². The molecule has 1 amide bonds. The van der Waals surface area contributed by atoms with Crippen molar-refractivity contribution in [2.45, 2.75) is 18.2 Å². The minimum atomic E-state index is -3.77. The number of hydrogen-bond acceptors (Lipinski definition) is 3. The number of rotatable bonds is 6. The van der Waals surface area contributed by atoms with Crippen molar-refractivity contribution in [3.05, 3.63) is 102 Å². The Balaban J connectivity index is 1.52. The summed E-state index contributed by atoms with van der Waals surface area (Å²) >= 11 is 0. The maximum atomic E-state index is 12.7. The molecule has 0 atom stereocenters. The van der Waals surface area contributed by atoms with Crippen molar-refractivity contribution >= 4 is 38.1 Å². The van der Waals surface area contributed by atoms with Crippen molar-refractivity contribution < 1.29 is 13.2 Å². The third-order valence-electron chi connectivity index (χ3n) is 5.00.